The van der Waals surface area contributed by atoms with Crippen LogP contribution in [0.3, 0.4) is 0 Å². The summed E-state index contributed by atoms with van der Waals surface area (Å²) in [7, 11) is 0. The summed E-state index contributed by atoms with van der Waals surface area (Å²) in [5, 5.41) is 3.46. The molecule has 1 aromatic heterocycles. The number of nitrogens with one attached hydrogen (secondary N) is 1. The molecule has 0 aliphatic carbocycles. The molecule has 1 heterocycles. The highest BCUT2D eigenvalue weighted by atomic mass is 32.1. The fraction of sp³-hybridized carbons (Fsp3) is 0.400. The maximum atomic E-state index is 5.71. The fourth-order valence-electron chi connectivity index (χ4n) is 2.83. The van der Waals surface area contributed by atoms with Gasteiger partial charge in [0.15, 0.2) is 0 Å². The van der Waals surface area contributed by atoms with Crippen LogP contribution in [0.4, 0.5) is 5.69 Å². The molecule has 0 aliphatic rings. The van der Waals surface area contributed by atoms with Gasteiger partial charge in [0.1, 0.15) is 0 Å². The van der Waals surface area contributed by atoms with Crippen LogP contribution in [-0.2, 0) is 0 Å². The van der Waals surface area contributed by atoms with Crippen LogP contribution in [0.25, 0.3) is 0 Å². The Balaban J connectivity index is 2.06. The van der Waals surface area contributed by atoms with Gasteiger partial charge in [0, 0.05) is 18.4 Å². The van der Waals surface area contributed by atoms with Crippen LogP contribution in [0.2, 0.25) is 0 Å². The predicted molar refractivity (Wildman–Crippen MR) is 106 cm³/mol. The number of aromatic nitrogens is 1. The Labute approximate surface area is 151 Å². The molecule has 0 amide bonds. The van der Waals surface area contributed by atoms with E-state index in [4.69, 9.17) is 12.2 Å². The second-order valence-corrected chi connectivity index (χ2v) is 6.71. The standard InChI is InChI=1S/C20H27N3S/c1-4-14-23(17-10-6-5-7-11-17)15-22-20(24)19(16(2)3)18-12-8-9-13-21-18/h5-13,16,19H,4,14-15H2,1-3H3,(H,22,24). The monoisotopic (exact) mass is 341 g/mol. The highest BCUT2D eigenvalue weighted by Crippen LogP contribution is 2.24. The van der Waals surface area contributed by atoms with Crippen LogP contribution in [0.15, 0.2) is 54.7 Å². The molecule has 1 aromatic carbocycles. The van der Waals surface area contributed by atoms with Crippen molar-refractivity contribution < 1.29 is 0 Å². The third-order valence-corrected chi connectivity index (χ3v) is 4.41. The van der Waals surface area contributed by atoms with Crippen LogP contribution in [-0.4, -0.2) is 23.2 Å². The van der Waals surface area contributed by atoms with Crippen molar-refractivity contribution in [2.45, 2.75) is 33.1 Å². The Kier molecular flexibility index (Phi) is 7.19. The lowest BCUT2D eigenvalue weighted by atomic mass is 9.92. The summed E-state index contributed by atoms with van der Waals surface area (Å²) in [4.78, 5) is 7.69. The minimum Gasteiger partial charge on any atom is -0.362 e. The summed E-state index contributed by atoms with van der Waals surface area (Å²) in [5.74, 6) is 0.539. The first-order chi connectivity index (χ1) is 11.6. The molecule has 1 N–H and O–H groups in total. The second kappa shape index (κ2) is 9.38. The fourth-order valence-corrected chi connectivity index (χ4v) is 3.29. The summed E-state index contributed by atoms with van der Waals surface area (Å²) in [6.45, 7) is 8.28. The zero-order chi connectivity index (χ0) is 17.4. The quantitative estimate of drug-likeness (QED) is 0.560. The van der Waals surface area contributed by atoms with Crippen LogP contribution in [0, 0.1) is 5.92 Å². The lowest BCUT2D eigenvalue weighted by Crippen LogP contribution is -2.40. The van der Waals surface area contributed by atoms with Gasteiger partial charge in [0.2, 0.25) is 0 Å². The topological polar surface area (TPSA) is 28.2 Å². The molecule has 1 unspecified atom stereocenters. The number of pyridine rings is 1. The first kappa shape index (κ1) is 18.4. The van der Waals surface area contributed by atoms with E-state index in [-0.39, 0.29) is 5.92 Å². The van der Waals surface area contributed by atoms with Gasteiger partial charge in [-0.3, -0.25) is 4.98 Å². The van der Waals surface area contributed by atoms with Crippen LogP contribution >= 0.6 is 12.2 Å². The zero-order valence-electron chi connectivity index (χ0n) is 14.8. The van der Waals surface area contributed by atoms with Crippen molar-refractivity contribution in [1.82, 2.24) is 10.3 Å². The Morgan fingerprint density at radius 3 is 2.42 bits per heavy atom. The van der Waals surface area contributed by atoms with Crippen molar-refractivity contribution in [3.63, 3.8) is 0 Å². The van der Waals surface area contributed by atoms with Crippen LogP contribution in [0.1, 0.15) is 38.8 Å². The van der Waals surface area contributed by atoms with Gasteiger partial charge in [-0.15, -0.1) is 0 Å². The van der Waals surface area contributed by atoms with E-state index >= 15 is 0 Å². The second-order valence-electron chi connectivity index (χ2n) is 6.27. The van der Waals surface area contributed by atoms with Gasteiger partial charge in [-0.1, -0.05) is 57.3 Å². The van der Waals surface area contributed by atoms with Crippen molar-refractivity contribution in [2.75, 3.05) is 18.1 Å². The van der Waals surface area contributed by atoms with Gasteiger partial charge in [-0.25, -0.2) is 0 Å². The maximum Gasteiger partial charge on any atom is 0.0880 e. The molecule has 0 fully saturated rings. The van der Waals surface area contributed by atoms with Gasteiger partial charge in [0.25, 0.3) is 0 Å². The van der Waals surface area contributed by atoms with Gasteiger partial charge in [-0.05, 0) is 36.6 Å². The summed E-state index contributed by atoms with van der Waals surface area (Å²) >= 11 is 5.71. The molecule has 0 aliphatic heterocycles. The van der Waals surface area contributed by atoms with Crippen molar-refractivity contribution in [3.05, 3.63) is 60.4 Å². The molecule has 0 radical (unpaired) electrons. The Morgan fingerprint density at radius 1 is 1.12 bits per heavy atom. The number of nitrogens with zero attached hydrogens (tertiary/aromatic N) is 2. The Hall–Kier alpha value is -1.94. The first-order valence-corrected chi connectivity index (χ1v) is 9.03. The van der Waals surface area contributed by atoms with E-state index in [1.54, 1.807) is 0 Å². The van der Waals surface area contributed by atoms with Crippen molar-refractivity contribution in [3.8, 4) is 0 Å². The van der Waals surface area contributed by atoms with E-state index in [9.17, 15) is 0 Å². The molecule has 0 saturated heterocycles. The molecule has 2 rings (SSSR count). The molecule has 3 nitrogen and oxygen atoms in total. The summed E-state index contributed by atoms with van der Waals surface area (Å²) in [6.07, 6.45) is 2.93. The van der Waals surface area contributed by atoms with Crippen molar-refractivity contribution >= 4 is 22.9 Å². The Bertz CT molecular complexity index is 613. The van der Waals surface area contributed by atoms with E-state index < -0.39 is 0 Å². The number of rotatable bonds is 8. The van der Waals surface area contributed by atoms with Crippen LogP contribution in [0.5, 0.6) is 0 Å². The molecule has 0 saturated carbocycles. The van der Waals surface area contributed by atoms with Crippen LogP contribution < -0.4 is 10.2 Å². The molecular weight excluding hydrogens is 314 g/mol. The van der Waals surface area contributed by atoms with Gasteiger partial charge >= 0.3 is 0 Å². The van der Waals surface area contributed by atoms with Crippen molar-refractivity contribution in [1.29, 1.82) is 0 Å². The number of anilines is 1. The molecule has 1 atom stereocenters. The average molecular weight is 342 g/mol. The largest absolute Gasteiger partial charge is 0.362 e. The lowest BCUT2D eigenvalue weighted by Gasteiger charge is -2.28. The van der Waals surface area contributed by atoms with Gasteiger partial charge in [-0.2, -0.15) is 0 Å². The Morgan fingerprint density at radius 2 is 1.83 bits per heavy atom. The SMILES string of the molecule is CCCN(CNC(=S)C(c1ccccn1)C(C)C)c1ccccc1. The number of hydrogen-bond acceptors (Lipinski definition) is 3. The van der Waals surface area contributed by atoms with E-state index in [0.29, 0.717) is 12.6 Å². The molecule has 24 heavy (non-hydrogen) atoms. The summed E-state index contributed by atoms with van der Waals surface area (Å²) < 4.78 is 0. The number of para-hydroxylation sites is 1. The van der Waals surface area contributed by atoms with E-state index in [0.717, 1.165) is 23.6 Å². The summed E-state index contributed by atoms with van der Waals surface area (Å²) in [6, 6.07) is 16.5. The minimum atomic E-state index is 0.139. The molecule has 2 aromatic rings. The number of hydrogen-bond donors (Lipinski definition) is 1. The lowest BCUT2D eigenvalue weighted by molar-refractivity contribution is 0.580. The smallest absolute Gasteiger partial charge is 0.0880 e. The molecule has 4 heteroatoms. The van der Waals surface area contributed by atoms with Gasteiger partial charge < -0.3 is 10.2 Å². The number of thiocarbonyl (C=S) groups is 1. The normalized spacial score (nSPS) is 12.0. The van der Waals surface area contributed by atoms with E-state index in [1.165, 1.54) is 5.69 Å². The highest BCUT2D eigenvalue weighted by Gasteiger charge is 2.22. The molecule has 0 spiro atoms. The maximum absolute atomic E-state index is 5.71. The van der Waals surface area contributed by atoms with Gasteiger partial charge in [0.05, 0.1) is 23.3 Å². The van der Waals surface area contributed by atoms with E-state index in [1.807, 2.05) is 24.4 Å². The third-order valence-electron chi connectivity index (χ3n) is 4.01. The molecule has 128 valence electrons. The average Bonchev–Trinajstić information content (AvgIpc) is 2.60. The van der Waals surface area contributed by atoms with E-state index in [2.05, 4.69) is 66.3 Å². The highest BCUT2D eigenvalue weighted by molar-refractivity contribution is 7.80. The third kappa shape index (κ3) is 5.03. The molecule has 0 bridgehead atoms. The number of benzene rings is 1. The predicted octanol–water partition coefficient (Wildman–Crippen LogP) is 4.61. The van der Waals surface area contributed by atoms with Crippen molar-refractivity contribution in [2.24, 2.45) is 5.92 Å². The molecular formula is C20H27N3S. The zero-order valence-corrected chi connectivity index (χ0v) is 15.6. The summed E-state index contributed by atoms with van der Waals surface area (Å²) in [5.41, 5.74) is 2.25. The first-order valence-electron chi connectivity index (χ1n) is 8.62. The minimum absolute atomic E-state index is 0.139.